The number of rotatable bonds is 3. The quantitative estimate of drug-likeness (QED) is 0.926. The van der Waals surface area contributed by atoms with Crippen LogP contribution in [0.25, 0.3) is 0 Å². The molecule has 2 heterocycles. The number of aryl methyl sites for hydroxylation is 1. The third kappa shape index (κ3) is 3.23. The van der Waals surface area contributed by atoms with Crippen molar-refractivity contribution in [2.24, 2.45) is 5.92 Å². The van der Waals surface area contributed by atoms with Crippen molar-refractivity contribution in [1.29, 1.82) is 0 Å². The Morgan fingerprint density at radius 1 is 1.29 bits per heavy atom. The van der Waals surface area contributed by atoms with E-state index in [9.17, 15) is 9.59 Å². The molecule has 0 unspecified atom stereocenters. The molecule has 0 spiro atoms. The van der Waals surface area contributed by atoms with Gasteiger partial charge in [0, 0.05) is 19.0 Å². The van der Waals surface area contributed by atoms with E-state index < -0.39 is 0 Å². The zero-order chi connectivity index (χ0) is 14.8. The number of likely N-dealkylation sites (tertiary alicyclic amines) is 1. The zero-order valence-electron chi connectivity index (χ0n) is 12.2. The molecule has 2 aliphatic rings. The van der Waals surface area contributed by atoms with Crippen LogP contribution in [0.2, 0.25) is 0 Å². The van der Waals surface area contributed by atoms with Gasteiger partial charge in [0.25, 0.3) is 0 Å². The minimum atomic E-state index is -0.261. The summed E-state index contributed by atoms with van der Waals surface area (Å²) in [7, 11) is 0. The topological polar surface area (TPSA) is 75.2 Å². The molecule has 114 valence electrons. The molecule has 2 fully saturated rings. The van der Waals surface area contributed by atoms with Gasteiger partial charge in [0.2, 0.25) is 16.9 Å². The lowest BCUT2D eigenvalue weighted by molar-refractivity contribution is -0.130. The van der Waals surface area contributed by atoms with Crippen LogP contribution in [0.3, 0.4) is 0 Å². The average molecular weight is 308 g/mol. The summed E-state index contributed by atoms with van der Waals surface area (Å²) in [5.74, 6) is -0.253. The number of carbonyl (C=O) groups excluding carboxylic acids is 2. The van der Waals surface area contributed by atoms with Gasteiger partial charge in [0.05, 0.1) is 5.92 Å². The van der Waals surface area contributed by atoms with Crippen molar-refractivity contribution >= 4 is 28.3 Å². The summed E-state index contributed by atoms with van der Waals surface area (Å²) in [4.78, 5) is 26.3. The Kier molecular flexibility index (Phi) is 4.19. The SMILES string of the molecule is Cc1nnc(NC(=O)[C@@H]2CC(=O)N(C3CCCCC3)C2)s1. The molecule has 1 aromatic rings. The molecule has 0 aromatic carbocycles. The molecule has 1 saturated carbocycles. The zero-order valence-corrected chi connectivity index (χ0v) is 13.0. The van der Waals surface area contributed by atoms with Gasteiger partial charge >= 0.3 is 0 Å². The number of nitrogens with zero attached hydrogens (tertiary/aromatic N) is 3. The summed E-state index contributed by atoms with van der Waals surface area (Å²) in [6, 6.07) is 0.341. The fraction of sp³-hybridized carbons (Fsp3) is 0.714. The molecule has 6 nitrogen and oxygen atoms in total. The molecule has 3 rings (SSSR count). The first-order valence-electron chi connectivity index (χ1n) is 7.54. The van der Waals surface area contributed by atoms with Gasteiger partial charge in [-0.25, -0.2) is 0 Å². The summed E-state index contributed by atoms with van der Waals surface area (Å²) < 4.78 is 0. The Morgan fingerprint density at radius 2 is 2.05 bits per heavy atom. The summed E-state index contributed by atoms with van der Waals surface area (Å²) in [6.07, 6.45) is 6.12. The first kappa shape index (κ1) is 14.4. The van der Waals surface area contributed by atoms with E-state index >= 15 is 0 Å². The number of hydrogen-bond acceptors (Lipinski definition) is 5. The van der Waals surface area contributed by atoms with Gasteiger partial charge in [-0.3, -0.25) is 9.59 Å². The highest BCUT2D eigenvalue weighted by atomic mass is 32.1. The second-order valence-electron chi connectivity index (χ2n) is 5.85. The lowest BCUT2D eigenvalue weighted by atomic mass is 9.94. The first-order valence-corrected chi connectivity index (χ1v) is 8.35. The van der Waals surface area contributed by atoms with Crippen LogP contribution < -0.4 is 5.32 Å². The maximum Gasteiger partial charge on any atom is 0.231 e. The summed E-state index contributed by atoms with van der Waals surface area (Å²) in [6.45, 7) is 2.39. The predicted octanol–water partition coefficient (Wildman–Crippen LogP) is 1.97. The van der Waals surface area contributed by atoms with Crippen molar-refractivity contribution in [3.8, 4) is 0 Å². The van der Waals surface area contributed by atoms with Gasteiger partial charge in [0.1, 0.15) is 5.01 Å². The summed E-state index contributed by atoms with van der Waals surface area (Å²) >= 11 is 1.35. The van der Waals surface area contributed by atoms with E-state index in [1.807, 2.05) is 11.8 Å². The molecule has 21 heavy (non-hydrogen) atoms. The molecule has 1 aliphatic heterocycles. The van der Waals surface area contributed by atoms with Crippen LogP contribution in [-0.2, 0) is 9.59 Å². The highest BCUT2D eigenvalue weighted by Gasteiger charge is 2.38. The van der Waals surface area contributed by atoms with Crippen molar-refractivity contribution in [2.75, 3.05) is 11.9 Å². The lowest BCUT2D eigenvalue weighted by Crippen LogP contribution is -2.38. The van der Waals surface area contributed by atoms with Gasteiger partial charge in [-0.05, 0) is 19.8 Å². The van der Waals surface area contributed by atoms with Crippen LogP contribution in [0.4, 0.5) is 5.13 Å². The fourth-order valence-corrected chi connectivity index (χ4v) is 3.80. The molecule has 1 saturated heterocycles. The van der Waals surface area contributed by atoms with E-state index in [2.05, 4.69) is 15.5 Å². The van der Waals surface area contributed by atoms with Gasteiger partial charge in [-0.2, -0.15) is 0 Å². The Labute approximate surface area is 127 Å². The van der Waals surface area contributed by atoms with Gasteiger partial charge in [-0.1, -0.05) is 30.6 Å². The fourth-order valence-electron chi connectivity index (χ4n) is 3.21. The molecule has 1 N–H and O–H groups in total. The number of anilines is 1. The van der Waals surface area contributed by atoms with E-state index in [0.717, 1.165) is 17.8 Å². The molecular weight excluding hydrogens is 288 g/mol. The Bertz CT molecular complexity index is 539. The van der Waals surface area contributed by atoms with Crippen LogP contribution in [0.5, 0.6) is 0 Å². The van der Waals surface area contributed by atoms with E-state index in [1.165, 1.54) is 30.6 Å². The Morgan fingerprint density at radius 3 is 2.71 bits per heavy atom. The lowest BCUT2D eigenvalue weighted by Gasteiger charge is -2.31. The van der Waals surface area contributed by atoms with Crippen LogP contribution in [-0.4, -0.2) is 39.5 Å². The van der Waals surface area contributed by atoms with E-state index in [1.54, 1.807) is 0 Å². The smallest absolute Gasteiger partial charge is 0.231 e. The number of carbonyl (C=O) groups is 2. The number of hydrogen-bond donors (Lipinski definition) is 1. The van der Waals surface area contributed by atoms with E-state index in [4.69, 9.17) is 0 Å². The van der Waals surface area contributed by atoms with Crippen LogP contribution >= 0.6 is 11.3 Å². The number of aromatic nitrogens is 2. The minimum Gasteiger partial charge on any atom is -0.339 e. The Balaban J connectivity index is 1.59. The maximum atomic E-state index is 12.2. The largest absolute Gasteiger partial charge is 0.339 e. The third-order valence-corrected chi connectivity index (χ3v) is 5.05. The van der Waals surface area contributed by atoms with Crippen LogP contribution in [0.1, 0.15) is 43.5 Å². The molecular formula is C14H20N4O2S. The summed E-state index contributed by atoms with van der Waals surface area (Å²) in [5, 5.41) is 11.9. The summed E-state index contributed by atoms with van der Waals surface area (Å²) in [5.41, 5.74) is 0. The third-order valence-electron chi connectivity index (χ3n) is 4.30. The molecule has 7 heteroatoms. The minimum absolute atomic E-state index is 0.113. The Hall–Kier alpha value is -1.50. The highest BCUT2D eigenvalue weighted by molar-refractivity contribution is 7.15. The highest BCUT2D eigenvalue weighted by Crippen LogP contribution is 2.29. The molecule has 1 atom stereocenters. The van der Waals surface area contributed by atoms with Gasteiger partial charge in [-0.15, -0.1) is 10.2 Å². The second kappa shape index (κ2) is 6.09. The number of amides is 2. The molecule has 2 amide bonds. The first-order chi connectivity index (χ1) is 10.1. The standard InChI is InChI=1S/C14H20N4O2S/c1-9-16-17-14(21-9)15-13(20)10-7-12(19)18(8-10)11-5-3-2-4-6-11/h10-11H,2-8H2,1H3,(H,15,17,20)/t10-/m1/s1. The molecule has 0 radical (unpaired) electrons. The van der Waals surface area contributed by atoms with Crippen LogP contribution in [0.15, 0.2) is 0 Å². The van der Waals surface area contributed by atoms with Crippen molar-refractivity contribution in [3.05, 3.63) is 5.01 Å². The van der Waals surface area contributed by atoms with Crippen molar-refractivity contribution in [2.45, 2.75) is 51.5 Å². The number of nitrogens with one attached hydrogen (secondary N) is 1. The van der Waals surface area contributed by atoms with Crippen molar-refractivity contribution in [3.63, 3.8) is 0 Å². The van der Waals surface area contributed by atoms with Crippen molar-refractivity contribution < 1.29 is 9.59 Å². The molecule has 1 aromatic heterocycles. The van der Waals surface area contributed by atoms with E-state index in [-0.39, 0.29) is 17.7 Å². The maximum absolute atomic E-state index is 12.2. The second-order valence-corrected chi connectivity index (χ2v) is 7.04. The molecule has 1 aliphatic carbocycles. The van der Waals surface area contributed by atoms with Gasteiger partial charge < -0.3 is 10.2 Å². The van der Waals surface area contributed by atoms with Crippen molar-refractivity contribution in [1.82, 2.24) is 15.1 Å². The monoisotopic (exact) mass is 308 g/mol. The predicted molar refractivity (Wildman–Crippen MR) is 80.0 cm³/mol. The molecule has 0 bridgehead atoms. The normalized spacial score (nSPS) is 23.6. The average Bonchev–Trinajstić information content (AvgIpc) is 3.06. The van der Waals surface area contributed by atoms with Crippen LogP contribution in [0, 0.1) is 12.8 Å². The van der Waals surface area contributed by atoms with Gasteiger partial charge in [0.15, 0.2) is 0 Å². The van der Waals surface area contributed by atoms with E-state index in [0.29, 0.717) is 24.1 Å².